The van der Waals surface area contributed by atoms with E-state index in [9.17, 15) is 9.59 Å². The van der Waals surface area contributed by atoms with Gasteiger partial charge in [-0.05, 0) is 49.4 Å². The summed E-state index contributed by atoms with van der Waals surface area (Å²) in [6, 6.07) is 15.4. The highest BCUT2D eigenvalue weighted by molar-refractivity contribution is 5.96. The van der Waals surface area contributed by atoms with E-state index in [0.717, 1.165) is 23.2 Å². The monoisotopic (exact) mass is 350 g/mol. The van der Waals surface area contributed by atoms with Crippen molar-refractivity contribution in [3.8, 4) is 0 Å². The molecule has 0 unspecified atom stereocenters. The van der Waals surface area contributed by atoms with Crippen LogP contribution in [-0.2, 0) is 11.2 Å². The number of piperidine rings is 1. The number of nitrogens with zero attached hydrogens (tertiary/aromatic N) is 1. The first-order chi connectivity index (χ1) is 12.6. The van der Waals surface area contributed by atoms with Crippen LogP contribution in [-0.4, -0.2) is 29.8 Å². The molecule has 1 saturated heterocycles. The van der Waals surface area contributed by atoms with Crippen molar-refractivity contribution in [1.82, 2.24) is 4.90 Å². The van der Waals surface area contributed by atoms with Gasteiger partial charge >= 0.3 is 0 Å². The standard InChI is InChI=1S/C22H26N2O2/c1-3-17-11-7-8-16(2)20(17)23-21(25)18-12-14-24(15-13-18)22(26)19-9-5-4-6-10-19/h4-11,18H,3,12-15H2,1-2H3,(H,23,25). The topological polar surface area (TPSA) is 49.4 Å². The highest BCUT2D eigenvalue weighted by Crippen LogP contribution is 2.25. The maximum absolute atomic E-state index is 12.7. The second-order valence-electron chi connectivity index (χ2n) is 6.88. The largest absolute Gasteiger partial charge is 0.339 e. The molecule has 3 rings (SSSR count). The summed E-state index contributed by atoms with van der Waals surface area (Å²) in [5, 5.41) is 3.13. The van der Waals surface area contributed by atoms with Gasteiger partial charge in [0.1, 0.15) is 0 Å². The third-order valence-corrected chi connectivity index (χ3v) is 5.16. The Balaban J connectivity index is 1.60. The molecule has 2 aromatic rings. The van der Waals surface area contributed by atoms with Gasteiger partial charge < -0.3 is 10.2 Å². The van der Waals surface area contributed by atoms with Crippen LogP contribution in [0.1, 0.15) is 41.3 Å². The number of carbonyl (C=O) groups excluding carboxylic acids is 2. The van der Waals surface area contributed by atoms with E-state index in [2.05, 4.69) is 18.3 Å². The van der Waals surface area contributed by atoms with E-state index in [1.54, 1.807) is 0 Å². The first-order valence-electron chi connectivity index (χ1n) is 9.33. The number of para-hydroxylation sites is 1. The number of benzene rings is 2. The Labute approximate surface area is 155 Å². The van der Waals surface area contributed by atoms with E-state index in [1.165, 1.54) is 0 Å². The predicted molar refractivity (Wildman–Crippen MR) is 104 cm³/mol. The minimum atomic E-state index is -0.0425. The van der Waals surface area contributed by atoms with E-state index in [0.29, 0.717) is 31.5 Å². The second kappa shape index (κ2) is 8.17. The average molecular weight is 350 g/mol. The van der Waals surface area contributed by atoms with Gasteiger partial charge in [-0.3, -0.25) is 9.59 Å². The minimum absolute atomic E-state index is 0.0425. The number of anilines is 1. The summed E-state index contributed by atoms with van der Waals surface area (Å²) in [4.78, 5) is 27.1. The van der Waals surface area contributed by atoms with Crippen LogP contribution in [0, 0.1) is 12.8 Å². The Morgan fingerprint density at radius 2 is 1.73 bits per heavy atom. The fourth-order valence-corrected chi connectivity index (χ4v) is 3.54. The van der Waals surface area contributed by atoms with Crippen LogP contribution in [0.25, 0.3) is 0 Å². The second-order valence-corrected chi connectivity index (χ2v) is 6.88. The van der Waals surface area contributed by atoms with Crippen molar-refractivity contribution >= 4 is 17.5 Å². The van der Waals surface area contributed by atoms with Crippen LogP contribution in [0.3, 0.4) is 0 Å². The minimum Gasteiger partial charge on any atom is -0.339 e. The third kappa shape index (κ3) is 3.96. The lowest BCUT2D eigenvalue weighted by molar-refractivity contribution is -0.121. The van der Waals surface area contributed by atoms with Gasteiger partial charge in [0.05, 0.1) is 0 Å². The molecule has 1 N–H and O–H groups in total. The fourth-order valence-electron chi connectivity index (χ4n) is 3.54. The SMILES string of the molecule is CCc1cccc(C)c1NC(=O)C1CCN(C(=O)c2ccccc2)CC1. The van der Waals surface area contributed by atoms with Gasteiger partial charge in [-0.1, -0.05) is 43.3 Å². The molecule has 26 heavy (non-hydrogen) atoms. The normalized spacial score (nSPS) is 14.9. The molecule has 0 radical (unpaired) electrons. The quantitative estimate of drug-likeness (QED) is 0.904. The van der Waals surface area contributed by atoms with E-state index in [4.69, 9.17) is 0 Å². The van der Waals surface area contributed by atoms with Crippen molar-refractivity contribution in [1.29, 1.82) is 0 Å². The summed E-state index contributed by atoms with van der Waals surface area (Å²) >= 11 is 0. The Kier molecular flexibility index (Phi) is 5.71. The molecular formula is C22H26N2O2. The first kappa shape index (κ1) is 18.2. The Bertz CT molecular complexity index is 778. The van der Waals surface area contributed by atoms with Crippen LogP contribution >= 0.6 is 0 Å². The van der Waals surface area contributed by atoms with Crippen LogP contribution in [0.4, 0.5) is 5.69 Å². The van der Waals surface area contributed by atoms with Crippen molar-refractivity contribution in [2.45, 2.75) is 33.1 Å². The molecule has 0 aromatic heterocycles. The maximum atomic E-state index is 12.7. The van der Waals surface area contributed by atoms with Crippen LogP contribution in [0.5, 0.6) is 0 Å². The van der Waals surface area contributed by atoms with E-state index < -0.39 is 0 Å². The molecule has 0 atom stereocenters. The van der Waals surface area contributed by atoms with Crippen LogP contribution in [0.15, 0.2) is 48.5 Å². The zero-order chi connectivity index (χ0) is 18.5. The number of rotatable bonds is 4. The van der Waals surface area contributed by atoms with Crippen LogP contribution < -0.4 is 5.32 Å². The lowest BCUT2D eigenvalue weighted by Gasteiger charge is -2.31. The Morgan fingerprint density at radius 3 is 2.38 bits per heavy atom. The van der Waals surface area contributed by atoms with E-state index in [-0.39, 0.29) is 17.7 Å². The van der Waals surface area contributed by atoms with Gasteiger partial charge in [0, 0.05) is 30.3 Å². The van der Waals surface area contributed by atoms with Gasteiger partial charge in [0.15, 0.2) is 0 Å². The molecule has 4 heteroatoms. The van der Waals surface area contributed by atoms with Crippen LogP contribution in [0.2, 0.25) is 0 Å². The number of likely N-dealkylation sites (tertiary alicyclic amines) is 1. The molecule has 2 aromatic carbocycles. The number of aryl methyl sites for hydroxylation is 2. The zero-order valence-electron chi connectivity index (χ0n) is 15.5. The summed E-state index contributed by atoms with van der Waals surface area (Å²) < 4.78 is 0. The molecule has 1 heterocycles. The summed E-state index contributed by atoms with van der Waals surface area (Å²) in [6.45, 7) is 5.37. The van der Waals surface area contributed by atoms with Crippen molar-refractivity contribution in [3.63, 3.8) is 0 Å². The zero-order valence-corrected chi connectivity index (χ0v) is 15.5. The van der Waals surface area contributed by atoms with Crippen molar-refractivity contribution < 1.29 is 9.59 Å². The van der Waals surface area contributed by atoms with Gasteiger partial charge in [-0.15, -0.1) is 0 Å². The summed E-state index contributed by atoms with van der Waals surface area (Å²) in [6.07, 6.45) is 2.30. The fraction of sp³-hybridized carbons (Fsp3) is 0.364. The molecule has 0 aliphatic carbocycles. The summed E-state index contributed by atoms with van der Waals surface area (Å²) in [5.74, 6) is 0.0802. The van der Waals surface area contributed by atoms with Gasteiger partial charge in [-0.2, -0.15) is 0 Å². The molecule has 0 bridgehead atoms. The van der Waals surface area contributed by atoms with Crippen molar-refractivity contribution in [2.75, 3.05) is 18.4 Å². The molecule has 0 spiro atoms. The molecule has 1 aliphatic heterocycles. The molecule has 2 amide bonds. The predicted octanol–water partition coefficient (Wildman–Crippen LogP) is 4.05. The first-order valence-corrected chi connectivity index (χ1v) is 9.33. The number of nitrogens with one attached hydrogen (secondary N) is 1. The van der Waals surface area contributed by atoms with Crippen molar-refractivity contribution in [2.24, 2.45) is 5.92 Å². The third-order valence-electron chi connectivity index (χ3n) is 5.16. The maximum Gasteiger partial charge on any atom is 0.253 e. The lowest BCUT2D eigenvalue weighted by atomic mass is 9.94. The molecule has 1 fully saturated rings. The number of amides is 2. The summed E-state index contributed by atoms with van der Waals surface area (Å²) in [5.41, 5.74) is 3.91. The smallest absolute Gasteiger partial charge is 0.253 e. The van der Waals surface area contributed by atoms with Gasteiger partial charge in [0.2, 0.25) is 5.91 Å². The Morgan fingerprint density at radius 1 is 1.04 bits per heavy atom. The highest BCUT2D eigenvalue weighted by atomic mass is 16.2. The number of hydrogen-bond donors (Lipinski definition) is 1. The highest BCUT2D eigenvalue weighted by Gasteiger charge is 2.28. The molecule has 1 aliphatic rings. The van der Waals surface area contributed by atoms with Crippen molar-refractivity contribution in [3.05, 3.63) is 65.2 Å². The molecule has 0 saturated carbocycles. The average Bonchev–Trinajstić information content (AvgIpc) is 2.69. The lowest BCUT2D eigenvalue weighted by Crippen LogP contribution is -2.41. The number of carbonyl (C=O) groups is 2. The Hall–Kier alpha value is -2.62. The van der Waals surface area contributed by atoms with Gasteiger partial charge in [-0.25, -0.2) is 0 Å². The molecule has 136 valence electrons. The molecule has 4 nitrogen and oxygen atoms in total. The molecular weight excluding hydrogens is 324 g/mol. The number of hydrogen-bond acceptors (Lipinski definition) is 2. The van der Waals surface area contributed by atoms with Gasteiger partial charge in [0.25, 0.3) is 5.91 Å². The van der Waals surface area contributed by atoms with E-state index in [1.807, 2.05) is 54.3 Å². The van der Waals surface area contributed by atoms with E-state index >= 15 is 0 Å². The summed E-state index contributed by atoms with van der Waals surface area (Å²) in [7, 11) is 0.